The molecule has 0 aliphatic rings. The average molecular weight is 361 g/mol. The second kappa shape index (κ2) is 7.43. The Balaban J connectivity index is 1.63. The second-order valence-electron chi connectivity index (χ2n) is 5.37. The fourth-order valence-corrected chi connectivity index (χ4v) is 2.88. The number of amides is 1. The minimum Gasteiger partial charge on any atom is -0.484 e. The van der Waals surface area contributed by atoms with Crippen LogP contribution in [0.2, 0.25) is 0 Å². The zero-order valence-electron chi connectivity index (χ0n) is 13.7. The molecule has 25 heavy (non-hydrogen) atoms. The van der Waals surface area contributed by atoms with Gasteiger partial charge >= 0.3 is 0 Å². The standard InChI is InChI=1S/C17H16FN3O3S/c1-11(15-7-19-10-25-15)21(2)17(22)14-8-24-16(20-14)9-23-13-5-3-4-12(18)6-13/h3-8,10-11H,9H2,1-2H3. The van der Waals surface area contributed by atoms with E-state index in [1.807, 2.05) is 6.92 Å². The quantitative estimate of drug-likeness (QED) is 0.670. The molecule has 0 bridgehead atoms. The molecule has 0 saturated heterocycles. The van der Waals surface area contributed by atoms with E-state index >= 15 is 0 Å². The lowest BCUT2D eigenvalue weighted by molar-refractivity contribution is 0.0738. The summed E-state index contributed by atoms with van der Waals surface area (Å²) < 4.78 is 23.8. The summed E-state index contributed by atoms with van der Waals surface area (Å²) >= 11 is 1.48. The van der Waals surface area contributed by atoms with E-state index in [1.165, 1.54) is 29.7 Å². The van der Waals surface area contributed by atoms with Crippen molar-refractivity contribution in [2.24, 2.45) is 0 Å². The first-order valence-electron chi connectivity index (χ1n) is 7.53. The van der Waals surface area contributed by atoms with E-state index in [0.29, 0.717) is 5.75 Å². The number of carbonyl (C=O) groups excluding carboxylic acids is 1. The molecule has 2 aromatic heterocycles. The van der Waals surface area contributed by atoms with Gasteiger partial charge in [-0.3, -0.25) is 9.78 Å². The summed E-state index contributed by atoms with van der Waals surface area (Å²) in [6.45, 7) is 1.92. The van der Waals surface area contributed by atoms with Gasteiger partial charge in [0, 0.05) is 24.2 Å². The molecule has 0 radical (unpaired) electrons. The predicted octanol–water partition coefficient (Wildman–Crippen LogP) is 3.68. The SMILES string of the molecule is CC(c1cncs1)N(C)C(=O)c1coc(COc2cccc(F)c2)n1. The Morgan fingerprint density at radius 2 is 2.32 bits per heavy atom. The van der Waals surface area contributed by atoms with Crippen molar-refractivity contribution in [1.29, 1.82) is 0 Å². The van der Waals surface area contributed by atoms with Gasteiger partial charge in [0.25, 0.3) is 5.91 Å². The van der Waals surface area contributed by atoms with E-state index in [2.05, 4.69) is 9.97 Å². The van der Waals surface area contributed by atoms with Gasteiger partial charge in [-0.15, -0.1) is 11.3 Å². The summed E-state index contributed by atoms with van der Waals surface area (Å²) in [6.07, 6.45) is 3.03. The lowest BCUT2D eigenvalue weighted by atomic mass is 10.2. The van der Waals surface area contributed by atoms with Crippen molar-refractivity contribution in [3.05, 3.63) is 64.5 Å². The summed E-state index contributed by atoms with van der Waals surface area (Å²) in [4.78, 5) is 23.2. The molecule has 2 heterocycles. The van der Waals surface area contributed by atoms with Gasteiger partial charge in [-0.2, -0.15) is 0 Å². The van der Waals surface area contributed by atoms with Gasteiger partial charge in [-0.1, -0.05) is 6.07 Å². The highest BCUT2D eigenvalue weighted by molar-refractivity contribution is 7.09. The van der Waals surface area contributed by atoms with Crippen molar-refractivity contribution in [1.82, 2.24) is 14.9 Å². The van der Waals surface area contributed by atoms with E-state index in [1.54, 1.807) is 35.8 Å². The molecule has 0 fully saturated rings. The highest BCUT2D eigenvalue weighted by Gasteiger charge is 2.22. The van der Waals surface area contributed by atoms with E-state index < -0.39 is 0 Å². The van der Waals surface area contributed by atoms with Gasteiger partial charge in [-0.05, 0) is 19.1 Å². The van der Waals surface area contributed by atoms with Gasteiger partial charge in [0.05, 0.1) is 11.6 Å². The van der Waals surface area contributed by atoms with Gasteiger partial charge in [0.1, 0.15) is 17.8 Å². The first kappa shape index (κ1) is 17.1. The predicted molar refractivity (Wildman–Crippen MR) is 89.9 cm³/mol. The second-order valence-corrected chi connectivity index (χ2v) is 6.29. The van der Waals surface area contributed by atoms with Crippen LogP contribution < -0.4 is 4.74 Å². The molecule has 1 aromatic carbocycles. The van der Waals surface area contributed by atoms with E-state index in [-0.39, 0.29) is 36.0 Å². The number of oxazole rings is 1. The topological polar surface area (TPSA) is 68.5 Å². The third-order valence-corrected chi connectivity index (χ3v) is 4.64. The highest BCUT2D eigenvalue weighted by atomic mass is 32.1. The lowest BCUT2D eigenvalue weighted by Crippen LogP contribution is -2.29. The molecule has 130 valence electrons. The lowest BCUT2D eigenvalue weighted by Gasteiger charge is -2.22. The Morgan fingerprint density at radius 1 is 1.48 bits per heavy atom. The van der Waals surface area contributed by atoms with Crippen LogP contribution >= 0.6 is 11.3 Å². The Hall–Kier alpha value is -2.74. The average Bonchev–Trinajstić information content (AvgIpc) is 3.30. The van der Waals surface area contributed by atoms with Crippen molar-refractivity contribution >= 4 is 17.2 Å². The van der Waals surface area contributed by atoms with Gasteiger partial charge in [-0.25, -0.2) is 9.37 Å². The summed E-state index contributed by atoms with van der Waals surface area (Å²) in [5.74, 6) is -0.0467. The third-order valence-electron chi connectivity index (χ3n) is 3.69. The van der Waals surface area contributed by atoms with Gasteiger partial charge in [0.15, 0.2) is 12.3 Å². The summed E-state index contributed by atoms with van der Waals surface area (Å²) in [7, 11) is 1.70. The molecule has 1 unspecified atom stereocenters. The fourth-order valence-electron chi connectivity index (χ4n) is 2.16. The van der Waals surface area contributed by atoms with Crippen LogP contribution in [0.5, 0.6) is 5.75 Å². The van der Waals surface area contributed by atoms with Gasteiger partial charge in [0.2, 0.25) is 5.89 Å². The van der Waals surface area contributed by atoms with Crippen LogP contribution in [-0.2, 0) is 6.61 Å². The van der Waals surface area contributed by atoms with Crippen LogP contribution in [0, 0.1) is 5.82 Å². The molecule has 1 amide bonds. The molecule has 1 atom stereocenters. The van der Waals surface area contributed by atoms with Crippen LogP contribution in [0.15, 0.2) is 46.7 Å². The highest BCUT2D eigenvalue weighted by Crippen LogP contribution is 2.23. The number of nitrogens with zero attached hydrogens (tertiary/aromatic N) is 3. The zero-order chi connectivity index (χ0) is 17.8. The van der Waals surface area contributed by atoms with Crippen molar-refractivity contribution in [3.8, 4) is 5.75 Å². The number of thiazole rings is 1. The number of rotatable bonds is 6. The van der Waals surface area contributed by atoms with Crippen LogP contribution in [0.3, 0.4) is 0 Å². The molecule has 8 heteroatoms. The van der Waals surface area contributed by atoms with Crippen molar-refractivity contribution in [2.75, 3.05) is 7.05 Å². The molecular weight excluding hydrogens is 345 g/mol. The number of aromatic nitrogens is 2. The zero-order valence-corrected chi connectivity index (χ0v) is 14.5. The molecule has 0 aliphatic carbocycles. The Bertz CT molecular complexity index is 850. The molecule has 3 rings (SSSR count). The molecule has 3 aromatic rings. The van der Waals surface area contributed by atoms with E-state index in [0.717, 1.165) is 4.88 Å². The van der Waals surface area contributed by atoms with E-state index in [4.69, 9.17) is 9.15 Å². The Morgan fingerprint density at radius 3 is 3.04 bits per heavy atom. The maximum Gasteiger partial charge on any atom is 0.276 e. The Kier molecular flexibility index (Phi) is 5.08. The van der Waals surface area contributed by atoms with Crippen molar-refractivity contribution in [2.45, 2.75) is 19.6 Å². The van der Waals surface area contributed by atoms with Crippen LogP contribution in [-0.4, -0.2) is 27.8 Å². The number of halogens is 1. The van der Waals surface area contributed by atoms with Crippen LogP contribution in [0.1, 0.15) is 34.2 Å². The molecule has 0 aliphatic heterocycles. The minimum absolute atomic E-state index is 0.00481. The van der Waals surface area contributed by atoms with Crippen molar-refractivity contribution < 1.29 is 18.3 Å². The number of ether oxygens (including phenoxy) is 1. The monoisotopic (exact) mass is 361 g/mol. The number of carbonyl (C=O) groups is 1. The smallest absolute Gasteiger partial charge is 0.276 e. The largest absolute Gasteiger partial charge is 0.484 e. The summed E-state index contributed by atoms with van der Waals surface area (Å²) in [6, 6.07) is 5.64. The summed E-state index contributed by atoms with van der Waals surface area (Å²) in [5.41, 5.74) is 1.92. The first-order valence-corrected chi connectivity index (χ1v) is 8.41. The summed E-state index contributed by atoms with van der Waals surface area (Å²) in [5, 5.41) is 0. The minimum atomic E-state index is -0.389. The van der Waals surface area contributed by atoms with E-state index in [9.17, 15) is 9.18 Å². The molecule has 6 nitrogen and oxygen atoms in total. The van der Waals surface area contributed by atoms with Crippen LogP contribution in [0.25, 0.3) is 0 Å². The maximum absolute atomic E-state index is 13.1. The maximum atomic E-state index is 13.1. The normalized spacial score (nSPS) is 12.0. The molecule has 0 saturated carbocycles. The Labute approximate surface area is 147 Å². The number of hydrogen-bond acceptors (Lipinski definition) is 6. The van der Waals surface area contributed by atoms with Crippen LogP contribution in [0.4, 0.5) is 4.39 Å². The first-order chi connectivity index (χ1) is 12.0. The number of benzene rings is 1. The molecule has 0 N–H and O–H groups in total. The van der Waals surface area contributed by atoms with Crippen molar-refractivity contribution in [3.63, 3.8) is 0 Å². The fraction of sp³-hybridized carbons (Fsp3) is 0.235. The molecule has 0 spiro atoms. The molecular formula is C17H16FN3O3S. The third kappa shape index (κ3) is 4.03. The number of hydrogen-bond donors (Lipinski definition) is 0. The van der Waals surface area contributed by atoms with Gasteiger partial charge < -0.3 is 14.1 Å².